The summed E-state index contributed by atoms with van der Waals surface area (Å²) in [6.45, 7) is 1.77. The van der Waals surface area contributed by atoms with Crippen LogP contribution in [0.1, 0.15) is 19.8 Å². The predicted octanol–water partition coefficient (Wildman–Crippen LogP) is 2.70. The van der Waals surface area contributed by atoms with Crippen molar-refractivity contribution in [1.82, 2.24) is 5.32 Å². The highest BCUT2D eigenvalue weighted by Gasteiger charge is 2.62. The zero-order chi connectivity index (χ0) is 16.9. The number of methoxy groups -OCH3 is 1. The van der Waals surface area contributed by atoms with E-state index in [1.54, 1.807) is 6.92 Å². The van der Waals surface area contributed by atoms with Crippen molar-refractivity contribution in [3.63, 3.8) is 0 Å². The Bertz CT molecular complexity index is 435. The predicted molar refractivity (Wildman–Crippen MR) is 64.0 cm³/mol. The van der Waals surface area contributed by atoms with Crippen molar-refractivity contribution >= 4 is 5.78 Å². The number of ketones is 1. The minimum Gasteiger partial charge on any atom is -0.381 e. The van der Waals surface area contributed by atoms with Crippen LogP contribution in [0, 0.1) is 17.8 Å². The summed E-state index contributed by atoms with van der Waals surface area (Å²) in [7, 11) is 1.37. The number of ether oxygens (including phenoxy) is 1. The fraction of sp³-hybridized carbons (Fsp3) is 0.923. The number of hydrogen-bond donors (Lipinski definition) is 1. The number of carbonyl (C=O) groups excluding carboxylic acids is 1. The van der Waals surface area contributed by atoms with Crippen molar-refractivity contribution in [2.24, 2.45) is 17.8 Å². The number of alkyl halides is 6. The Labute approximate surface area is 123 Å². The molecule has 0 bridgehead atoms. The molecule has 6 atom stereocenters. The summed E-state index contributed by atoms with van der Waals surface area (Å²) in [6, 6.07) is -3.22. The Morgan fingerprint density at radius 2 is 1.73 bits per heavy atom. The molecule has 2 fully saturated rings. The van der Waals surface area contributed by atoms with E-state index in [-0.39, 0.29) is 18.8 Å². The first-order chi connectivity index (χ1) is 9.96. The maximum Gasteiger partial charge on any atom is 0.450 e. The molecule has 0 aromatic rings. The van der Waals surface area contributed by atoms with E-state index in [0.29, 0.717) is 0 Å². The third-order valence-electron chi connectivity index (χ3n) is 4.73. The summed E-state index contributed by atoms with van der Waals surface area (Å²) in [6.07, 6.45) is -10.4. The van der Waals surface area contributed by atoms with Crippen LogP contribution in [-0.4, -0.2) is 43.4 Å². The Kier molecular flexibility index (Phi) is 4.51. The number of fused-ring (bicyclic) bond motifs is 1. The van der Waals surface area contributed by atoms with Gasteiger partial charge in [-0.15, -0.1) is 0 Å². The SMILES string of the molecule is COC1CC2C(CC1C)NC(C(F)(F)F)C2C(=O)C(F)(F)F. The standard InChI is InChI=1S/C13H17F6NO2/c1-5-3-7-6(4-8(5)22-2)9(11(21)13(17,18)19)10(20-7)12(14,15)16/h5-10,20H,3-4H2,1-2H3. The molecule has 0 aromatic carbocycles. The molecule has 1 saturated carbocycles. The second kappa shape index (κ2) is 5.67. The molecule has 2 rings (SSSR count). The van der Waals surface area contributed by atoms with Gasteiger partial charge in [0.2, 0.25) is 5.78 Å². The molecule has 3 nitrogen and oxygen atoms in total. The summed E-state index contributed by atoms with van der Waals surface area (Å²) in [5.41, 5.74) is 0. The van der Waals surface area contributed by atoms with E-state index in [2.05, 4.69) is 5.32 Å². The van der Waals surface area contributed by atoms with E-state index in [9.17, 15) is 31.1 Å². The third-order valence-corrected chi connectivity index (χ3v) is 4.73. The molecule has 0 aromatic heterocycles. The number of halogens is 6. The molecule has 128 valence electrons. The molecule has 1 saturated heterocycles. The van der Waals surface area contributed by atoms with Crippen molar-refractivity contribution < 1.29 is 35.9 Å². The topological polar surface area (TPSA) is 38.3 Å². The number of nitrogens with one attached hydrogen (secondary N) is 1. The van der Waals surface area contributed by atoms with Gasteiger partial charge in [0.05, 0.1) is 12.0 Å². The first kappa shape index (κ1) is 17.5. The first-order valence-corrected chi connectivity index (χ1v) is 6.93. The maximum absolute atomic E-state index is 13.1. The van der Waals surface area contributed by atoms with Crippen LogP contribution in [0.3, 0.4) is 0 Å². The van der Waals surface area contributed by atoms with Gasteiger partial charge in [0, 0.05) is 13.2 Å². The Morgan fingerprint density at radius 1 is 1.14 bits per heavy atom. The lowest BCUT2D eigenvalue weighted by molar-refractivity contribution is -0.192. The molecule has 0 spiro atoms. The molecule has 6 unspecified atom stereocenters. The van der Waals surface area contributed by atoms with Crippen molar-refractivity contribution in [2.45, 2.75) is 50.3 Å². The molecular weight excluding hydrogens is 316 g/mol. The van der Waals surface area contributed by atoms with Crippen molar-refractivity contribution in [3.05, 3.63) is 0 Å². The average molecular weight is 333 g/mol. The maximum atomic E-state index is 13.1. The average Bonchev–Trinajstić information content (AvgIpc) is 2.73. The lowest BCUT2D eigenvalue weighted by atomic mass is 9.72. The van der Waals surface area contributed by atoms with Gasteiger partial charge >= 0.3 is 12.4 Å². The van der Waals surface area contributed by atoms with E-state index in [1.165, 1.54) is 7.11 Å². The summed E-state index contributed by atoms with van der Waals surface area (Å²) >= 11 is 0. The summed E-state index contributed by atoms with van der Waals surface area (Å²) < 4.78 is 82.4. The molecule has 22 heavy (non-hydrogen) atoms. The highest BCUT2D eigenvalue weighted by molar-refractivity contribution is 5.87. The summed E-state index contributed by atoms with van der Waals surface area (Å²) in [5.74, 6) is -5.57. The zero-order valence-corrected chi connectivity index (χ0v) is 12.0. The zero-order valence-electron chi connectivity index (χ0n) is 12.0. The quantitative estimate of drug-likeness (QED) is 0.790. The molecule has 2 aliphatic rings. The molecule has 1 heterocycles. The van der Waals surface area contributed by atoms with E-state index in [1.807, 2.05) is 0 Å². The van der Waals surface area contributed by atoms with Gasteiger partial charge < -0.3 is 10.1 Å². The normalized spacial score (nSPS) is 39.6. The van der Waals surface area contributed by atoms with Crippen LogP contribution in [0.5, 0.6) is 0 Å². The molecule has 1 N–H and O–H groups in total. The molecule has 9 heteroatoms. The Balaban J connectivity index is 2.34. The van der Waals surface area contributed by atoms with E-state index in [0.717, 1.165) is 0 Å². The van der Waals surface area contributed by atoms with Crippen molar-refractivity contribution in [2.75, 3.05) is 7.11 Å². The second-order valence-electron chi connectivity index (χ2n) is 6.07. The van der Waals surface area contributed by atoms with E-state index >= 15 is 0 Å². The minimum atomic E-state index is -5.28. The van der Waals surface area contributed by atoms with Crippen LogP contribution in [0.4, 0.5) is 26.3 Å². The lowest BCUT2D eigenvalue weighted by Crippen LogP contribution is -2.48. The van der Waals surface area contributed by atoms with Crippen LogP contribution in [0.2, 0.25) is 0 Å². The van der Waals surface area contributed by atoms with Gasteiger partial charge in [0.15, 0.2) is 0 Å². The Morgan fingerprint density at radius 3 is 2.18 bits per heavy atom. The van der Waals surface area contributed by atoms with Gasteiger partial charge in [0.25, 0.3) is 0 Å². The van der Waals surface area contributed by atoms with Gasteiger partial charge in [-0.1, -0.05) is 6.92 Å². The van der Waals surface area contributed by atoms with E-state index < -0.39 is 48.2 Å². The Hall–Kier alpha value is -0.830. The third kappa shape index (κ3) is 3.10. The number of carbonyl (C=O) groups is 1. The highest BCUT2D eigenvalue weighted by Crippen LogP contribution is 2.47. The number of hydrogen-bond acceptors (Lipinski definition) is 3. The number of rotatable bonds is 2. The molecule has 0 radical (unpaired) electrons. The van der Waals surface area contributed by atoms with Gasteiger partial charge in [-0.3, -0.25) is 4.79 Å². The monoisotopic (exact) mass is 333 g/mol. The van der Waals surface area contributed by atoms with Gasteiger partial charge in [-0.2, -0.15) is 26.3 Å². The lowest BCUT2D eigenvalue weighted by Gasteiger charge is -2.37. The molecule has 1 aliphatic heterocycles. The number of Topliss-reactive ketones (excluding diaryl/α,β-unsaturated/α-hetero) is 1. The molecule has 1 aliphatic carbocycles. The van der Waals surface area contributed by atoms with Crippen molar-refractivity contribution in [3.8, 4) is 0 Å². The molecular formula is C13H17F6NO2. The summed E-state index contributed by atoms with van der Waals surface area (Å²) in [4.78, 5) is 11.5. The van der Waals surface area contributed by atoms with Crippen molar-refractivity contribution in [1.29, 1.82) is 0 Å². The van der Waals surface area contributed by atoms with Gasteiger partial charge in [0.1, 0.15) is 6.04 Å². The van der Waals surface area contributed by atoms with Crippen LogP contribution in [-0.2, 0) is 9.53 Å². The van der Waals surface area contributed by atoms with Crippen LogP contribution >= 0.6 is 0 Å². The largest absolute Gasteiger partial charge is 0.450 e. The second-order valence-corrected chi connectivity index (χ2v) is 6.07. The van der Waals surface area contributed by atoms with Gasteiger partial charge in [-0.05, 0) is 24.7 Å². The first-order valence-electron chi connectivity index (χ1n) is 6.93. The van der Waals surface area contributed by atoms with E-state index in [4.69, 9.17) is 4.74 Å². The van der Waals surface area contributed by atoms with Crippen LogP contribution in [0.15, 0.2) is 0 Å². The fourth-order valence-corrected chi connectivity index (χ4v) is 3.72. The smallest absolute Gasteiger partial charge is 0.381 e. The van der Waals surface area contributed by atoms with Gasteiger partial charge in [-0.25, -0.2) is 0 Å². The fourth-order valence-electron chi connectivity index (χ4n) is 3.72. The minimum absolute atomic E-state index is 0.00833. The summed E-state index contributed by atoms with van der Waals surface area (Å²) in [5, 5.41) is 2.21. The highest BCUT2D eigenvalue weighted by atomic mass is 19.4. The molecule has 0 amide bonds. The van der Waals surface area contributed by atoms with Crippen LogP contribution < -0.4 is 5.32 Å². The van der Waals surface area contributed by atoms with Crippen LogP contribution in [0.25, 0.3) is 0 Å².